The number of carbonyl (C=O) groups excluding carboxylic acids is 1. The Morgan fingerprint density at radius 2 is 1.91 bits per heavy atom. The van der Waals surface area contributed by atoms with E-state index in [9.17, 15) is 31.1 Å². The molecule has 124 valence electrons. The third kappa shape index (κ3) is 4.82. The molecule has 2 aromatic rings. The average Bonchev–Trinajstić information content (AvgIpc) is 2.85. The van der Waals surface area contributed by atoms with Gasteiger partial charge in [0.2, 0.25) is 0 Å². The van der Waals surface area contributed by atoms with E-state index in [1.54, 1.807) is 0 Å². The molecule has 0 unspecified atom stereocenters. The second-order valence-electron chi connectivity index (χ2n) is 3.89. The molecule has 0 radical (unpaired) electrons. The zero-order valence-corrected chi connectivity index (χ0v) is 12.3. The summed E-state index contributed by atoms with van der Waals surface area (Å²) in [7, 11) is 0. The minimum atomic E-state index is -4.68. The molecule has 0 saturated carbocycles. The largest absolute Gasteiger partial charge is 0.447 e. The molecule has 4 nitrogen and oxygen atoms in total. The Labute approximate surface area is 132 Å². The molecule has 1 amide bonds. The van der Waals surface area contributed by atoms with Crippen LogP contribution in [0.3, 0.4) is 0 Å². The van der Waals surface area contributed by atoms with Crippen molar-refractivity contribution < 1.29 is 31.1 Å². The van der Waals surface area contributed by atoms with E-state index in [1.165, 1.54) is 6.07 Å². The lowest BCUT2D eigenvalue weighted by Crippen LogP contribution is -2.15. The van der Waals surface area contributed by atoms with Crippen LogP contribution in [0.1, 0.15) is 16.1 Å². The number of hydrogen-bond acceptors (Lipinski definition) is 5. The van der Waals surface area contributed by atoms with E-state index >= 15 is 0 Å². The number of alkyl halides is 6. The first-order chi connectivity index (χ1) is 10.6. The van der Waals surface area contributed by atoms with Gasteiger partial charge in [0.15, 0.2) is 10.8 Å². The first kappa shape index (κ1) is 17.5. The number of aromatic nitrogens is 2. The van der Waals surface area contributed by atoms with Gasteiger partial charge in [-0.1, -0.05) is 0 Å². The molecule has 0 spiro atoms. The predicted octanol–water partition coefficient (Wildman–Crippen LogP) is 4.42. The van der Waals surface area contributed by atoms with Crippen LogP contribution in [0.15, 0.2) is 28.7 Å². The van der Waals surface area contributed by atoms with Gasteiger partial charge >= 0.3 is 11.7 Å². The van der Waals surface area contributed by atoms with Gasteiger partial charge in [-0.25, -0.2) is 9.97 Å². The van der Waals surface area contributed by atoms with Gasteiger partial charge in [0.25, 0.3) is 5.91 Å². The van der Waals surface area contributed by atoms with E-state index in [0.717, 1.165) is 12.3 Å². The lowest BCUT2D eigenvalue weighted by atomic mass is 10.3. The summed E-state index contributed by atoms with van der Waals surface area (Å²) in [6.07, 6.45) is -3.61. The quantitative estimate of drug-likeness (QED) is 0.639. The van der Waals surface area contributed by atoms with E-state index in [0.29, 0.717) is 16.7 Å². The highest BCUT2D eigenvalue weighted by atomic mass is 32.2. The summed E-state index contributed by atoms with van der Waals surface area (Å²) in [4.78, 5) is 18.6. The average molecular weight is 373 g/mol. The van der Waals surface area contributed by atoms with Crippen molar-refractivity contribution in [2.24, 2.45) is 0 Å². The highest BCUT2D eigenvalue weighted by Gasteiger charge is 2.34. The van der Waals surface area contributed by atoms with Crippen molar-refractivity contribution in [3.05, 3.63) is 35.0 Å². The van der Waals surface area contributed by atoms with Crippen LogP contribution >= 0.6 is 23.1 Å². The summed E-state index contributed by atoms with van der Waals surface area (Å²) in [5, 5.41) is 1.72. The third-order valence-electron chi connectivity index (χ3n) is 2.24. The van der Waals surface area contributed by atoms with Crippen LogP contribution < -0.4 is 5.32 Å². The van der Waals surface area contributed by atoms with Crippen molar-refractivity contribution in [1.29, 1.82) is 0 Å². The molecule has 0 saturated heterocycles. The van der Waals surface area contributed by atoms with Crippen LogP contribution in [-0.2, 0) is 6.18 Å². The fraction of sp³-hybridized carbons (Fsp3) is 0.182. The highest BCUT2D eigenvalue weighted by Crippen LogP contribution is 2.37. The van der Waals surface area contributed by atoms with Gasteiger partial charge in [-0.3, -0.25) is 10.1 Å². The van der Waals surface area contributed by atoms with Crippen molar-refractivity contribution in [2.75, 3.05) is 5.32 Å². The smallest absolute Gasteiger partial charge is 0.298 e. The second kappa shape index (κ2) is 6.35. The maximum atomic E-state index is 12.4. The second-order valence-corrected chi connectivity index (χ2v) is 5.81. The zero-order chi connectivity index (χ0) is 17.3. The molecular formula is C11H5F6N3OS2. The molecule has 0 fully saturated rings. The molecule has 0 aliphatic carbocycles. The van der Waals surface area contributed by atoms with Gasteiger partial charge in [-0.05, 0) is 12.1 Å². The van der Waals surface area contributed by atoms with Crippen LogP contribution in [0.4, 0.5) is 31.5 Å². The van der Waals surface area contributed by atoms with Gasteiger partial charge in [0.1, 0.15) is 5.03 Å². The number of carbonyl (C=O) groups is 1. The monoisotopic (exact) mass is 373 g/mol. The molecule has 23 heavy (non-hydrogen) atoms. The summed E-state index contributed by atoms with van der Waals surface area (Å²) in [5.74, 6) is -1.03. The molecule has 0 atom stereocenters. The Morgan fingerprint density at radius 3 is 2.48 bits per heavy atom. The lowest BCUT2D eigenvalue weighted by Gasteiger charge is -2.09. The topological polar surface area (TPSA) is 54.9 Å². The molecule has 0 aliphatic heterocycles. The van der Waals surface area contributed by atoms with E-state index < -0.39 is 45.6 Å². The number of nitrogens with zero attached hydrogens (tertiary/aromatic N) is 2. The first-order valence-electron chi connectivity index (χ1n) is 5.61. The predicted molar refractivity (Wildman–Crippen MR) is 71.2 cm³/mol. The van der Waals surface area contributed by atoms with Gasteiger partial charge in [0, 0.05) is 23.3 Å². The fourth-order valence-electron chi connectivity index (χ4n) is 1.38. The number of amides is 1. The lowest BCUT2D eigenvalue weighted by molar-refractivity contribution is -0.140. The summed E-state index contributed by atoms with van der Waals surface area (Å²) in [6, 6.07) is 2.31. The van der Waals surface area contributed by atoms with Crippen molar-refractivity contribution in [1.82, 2.24) is 9.97 Å². The SMILES string of the molecule is O=C(Nc1nc(C(F)(F)F)cs1)c1cccnc1SC(F)(F)F. The Bertz CT molecular complexity index is 712. The normalized spacial score (nSPS) is 12.3. The third-order valence-corrected chi connectivity index (χ3v) is 3.75. The molecule has 0 bridgehead atoms. The maximum Gasteiger partial charge on any atom is 0.447 e. The Hall–Kier alpha value is -1.82. The van der Waals surface area contributed by atoms with Crippen LogP contribution in [0, 0.1) is 0 Å². The number of hydrogen-bond donors (Lipinski definition) is 1. The molecule has 12 heteroatoms. The number of pyridine rings is 1. The minimum Gasteiger partial charge on any atom is -0.298 e. The molecular weight excluding hydrogens is 368 g/mol. The number of thiazole rings is 1. The number of thioether (sulfide) groups is 1. The van der Waals surface area contributed by atoms with Crippen molar-refractivity contribution in [3.8, 4) is 0 Å². The molecule has 1 N–H and O–H groups in total. The van der Waals surface area contributed by atoms with E-state index in [-0.39, 0.29) is 5.13 Å². The van der Waals surface area contributed by atoms with Crippen LogP contribution in [0.2, 0.25) is 0 Å². The van der Waals surface area contributed by atoms with Gasteiger partial charge in [0.05, 0.1) is 5.56 Å². The highest BCUT2D eigenvalue weighted by molar-refractivity contribution is 8.00. The molecule has 0 aromatic carbocycles. The standard InChI is InChI=1S/C11H5F6N3OS2/c12-10(13,14)6-4-22-9(19-6)20-7(21)5-2-1-3-18-8(5)23-11(15,16)17/h1-4H,(H,19,20,21). The van der Waals surface area contributed by atoms with Crippen molar-refractivity contribution in [2.45, 2.75) is 16.7 Å². The van der Waals surface area contributed by atoms with Gasteiger partial charge < -0.3 is 0 Å². The fourth-order valence-corrected chi connectivity index (χ4v) is 2.70. The summed E-state index contributed by atoms with van der Waals surface area (Å²) in [5.41, 5.74) is -6.28. The van der Waals surface area contributed by atoms with Crippen LogP contribution in [-0.4, -0.2) is 21.4 Å². The summed E-state index contributed by atoms with van der Waals surface area (Å²) < 4.78 is 74.4. The minimum absolute atomic E-state index is 0.380. The van der Waals surface area contributed by atoms with Gasteiger partial charge in [-0.15, -0.1) is 11.3 Å². The Kier molecular flexibility index (Phi) is 4.84. The van der Waals surface area contributed by atoms with Crippen molar-refractivity contribution in [3.63, 3.8) is 0 Å². The van der Waals surface area contributed by atoms with E-state index in [2.05, 4.69) is 9.97 Å². The van der Waals surface area contributed by atoms with E-state index in [4.69, 9.17) is 0 Å². The molecule has 2 aromatic heterocycles. The maximum absolute atomic E-state index is 12.4. The first-order valence-corrected chi connectivity index (χ1v) is 7.31. The Balaban J connectivity index is 2.20. The number of anilines is 1. The Morgan fingerprint density at radius 1 is 1.22 bits per heavy atom. The van der Waals surface area contributed by atoms with E-state index in [1.807, 2.05) is 5.32 Å². The molecule has 2 heterocycles. The van der Waals surface area contributed by atoms with Crippen LogP contribution in [0.5, 0.6) is 0 Å². The number of halogens is 6. The number of rotatable bonds is 3. The zero-order valence-electron chi connectivity index (χ0n) is 10.7. The van der Waals surface area contributed by atoms with Crippen molar-refractivity contribution >= 4 is 34.1 Å². The summed E-state index contributed by atoms with van der Waals surface area (Å²) in [6.45, 7) is 0. The van der Waals surface area contributed by atoms with Crippen LogP contribution in [0.25, 0.3) is 0 Å². The number of nitrogens with one attached hydrogen (secondary N) is 1. The van der Waals surface area contributed by atoms with Gasteiger partial charge in [-0.2, -0.15) is 26.3 Å². The summed E-state index contributed by atoms with van der Waals surface area (Å²) >= 11 is -0.0873. The molecule has 0 aliphatic rings. The molecule has 2 rings (SSSR count).